The van der Waals surface area contributed by atoms with Gasteiger partial charge in [0, 0.05) is 30.5 Å². The molecule has 2 rings (SSSR count). The van der Waals surface area contributed by atoms with Gasteiger partial charge in [-0.15, -0.1) is 0 Å². The maximum Gasteiger partial charge on any atom is 0.254 e. The molecule has 0 N–H and O–H groups in total. The molecular weight excluding hydrogens is 188 g/mol. The lowest BCUT2D eigenvalue weighted by Gasteiger charge is -2.23. The van der Waals surface area contributed by atoms with Crippen molar-refractivity contribution in [1.82, 2.24) is 9.88 Å². The molecule has 1 amide bonds. The maximum absolute atomic E-state index is 12.1. The van der Waals surface area contributed by atoms with E-state index in [0.717, 1.165) is 31.4 Å². The normalized spacial score (nSPS) is 20.6. The number of aromatic nitrogens is 1. The van der Waals surface area contributed by atoms with Gasteiger partial charge >= 0.3 is 0 Å². The SMILES string of the molecule is CCC1CCCN1C(=O)c1ccncc1. The van der Waals surface area contributed by atoms with Crippen LogP contribution in [0.5, 0.6) is 0 Å². The number of carbonyl (C=O) groups excluding carboxylic acids is 1. The Balaban J connectivity index is 2.14. The lowest BCUT2D eigenvalue weighted by Crippen LogP contribution is -2.35. The smallest absolute Gasteiger partial charge is 0.254 e. The highest BCUT2D eigenvalue weighted by molar-refractivity contribution is 5.94. The zero-order valence-electron chi connectivity index (χ0n) is 9.02. The fraction of sp³-hybridized carbons (Fsp3) is 0.500. The van der Waals surface area contributed by atoms with Crippen molar-refractivity contribution in [3.8, 4) is 0 Å². The van der Waals surface area contributed by atoms with Crippen LogP contribution >= 0.6 is 0 Å². The largest absolute Gasteiger partial charge is 0.336 e. The first kappa shape index (κ1) is 10.1. The summed E-state index contributed by atoms with van der Waals surface area (Å²) in [5.74, 6) is 0.154. The monoisotopic (exact) mass is 204 g/mol. The van der Waals surface area contributed by atoms with Gasteiger partial charge in [0.2, 0.25) is 0 Å². The Hall–Kier alpha value is -1.38. The van der Waals surface area contributed by atoms with Crippen molar-refractivity contribution in [1.29, 1.82) is 0 Å². The predicted molar refractivity (Wildman–Crippen MR) is 58.6 cm³/mol. The number of pyridine rings is 1. The Morgan fingerprint density at radius 2 is 2.27 bits per heavy atom. The molecule has 0 saturated carbocycles. The van der Waals surface area contributed by atoms with Gasteiger partial charge in [-0.05, 0) is 31.4 Å². The van der Waals surface area contributed by atoms with E-state index in [1.165, 1.54) is 0 Å². The van der Waals surface area contributed by atoms with Crippen LogP contribution < -0.4 is 0 Å². The molecule has 1 aromatic heterocycles. The summed E-state index contributed by atoms with van der Waals surface area (Å²) in [5, 5.41) is 0. The van der Waals surface area contributed by atoms with E-state index < -0.39 is 0 Å². The summed E-state index contributed by atoms with van der Waals surface area (Å²) in [6, 6.07) is 4.01. The number of hydrogen-bond acceptors (Lipinski definition) is 2. The summed E-state index contributed by atoms with van der Waals surface area (Å²) in [7, 11) is 0. The Kier molecular flexibility index (Phi) is 2.99. The van der Waals surface area contributed by atoms with Gasteiger partial charge in [0.15, 0.2) is 0 Å². The van der Waals surface area contributed by atoms with E-state index in [1.54, 1.807) is 24.5 Å². The minimum Gasteiger partial charge on any atom is -0.336 e. The third kappa shape index (κ3) is 2.01. The van der Waals surface area contributed by atoms with Crippen LogP contribution in [0.1, 0.15) is 36.5 Å². The van der Waals surface area contributed by atoms with Crippen molar-refractivity contribution >= 4 is 5.91 Å². The molecule has 1 aliphatic rings. The van der Waals surface area contributed by atoms with E-state index in [2.05, 4.69) is 11.9 Å². The Morgan fingerprint density at radius 3 is 2.93 bits per heavy atom. The molecule has 0 bridgehead atoms. The molecule has 2 heterocycles. The predicted octanol–water partition coefficient (Wildman–Crippen LogP) is 2.10. The molecule has 0 spiro atoms. The molecule has 1 aliphatic heterocycles. The van der Waals surface area contributed by atoms with E-state index in [1.807, 2.05) is 4.90 Å². The molecule has 3 heteroatoms. The minimum absolute atomic E-state index is 0.154. The van der Waals surface area contributed by atoms with Crippen molar-refractivity contribution in [2.45, 2.75) is 32.2 Å². The number of hydrogen-bond donors (Lipinski definition) is 0. The van der Waals surface area contributed by atoms with Crippen molar-refractivity contribution in [2.75, 3.05) is 6.54 Å². The molecule has 1 aromatic rings. The molecule has 1 unspecified atom stereocenters. The molecule has 1 fully saturated rings. The Bertz CT molecular complexity index is 337. The topological polar surface area (TPSA) is 33.2 Å². The van der Waals surface area contributed by atoms with Crippen LogP contribution in [0.25, 0.3) is 0 Å². The van der Waals surface area contributed by atoms with Crippen LogP contribution in [-0.4, -0.2) is 28.4 Å². The molecule has 15 heavy (non-hydrogen) atoms. The third-order valence-electron chi connectivity index (χ3n) is 3.04. The maximum atomic E-state index is 12.1. The second kappa shape index (κ2) is 4.43. The molecule has 1 atom stereocenters. The molecule has 0 aliphatic carbocycles. The van der Waals surface area contributed by atoms with Gasteiger partial charge < -0.3 is 4.90 Å². The molecule has 0 aromatic carbocycles. The Morgan fingerprint density at radius 1 is 1.53 bits per heavy atom. The molecular formula is C12H16N2O. The van der Waals surface area contributed by atoms with E-state index >= 15 is 0 Å². The lowest BCUT2D eigenvalue weighted by atomic mass is 10.1. The van der Waals surface area contributed by atoms with Gasteiger partial charge in [-0.2, -0.15) is 0 Å². The van der Waals surface area contributed by atoms with E-state index in [-0.39, 0.29) is 5.91 Å². The zero-order chi connectivity index (χ0) is 10.7. The average molecular weight is 204 g/mol. The van der Waals surface area contributed by atoms with Crippen LogP contribution in [0.2, 0.25) is 0 Å². The standard InChI is InChI=1S/C12H16N2O/c1-2-11-4-3-9-14(11)12(15)10-5-7-13-8-6-10/h5-8,11H,2-4,9H2,1H3. The summed E-state index contributed by atoms with van der Waals surface area (Å²) < 4.78 is 0. The van der Waals surface area contributed by atoms with Gasteiger partial charge in [0.25, 0.3) is 5.91 Å². The first-order valence-corrected chi connectivity index (χ1v) is 5.54. The number of amides is 1. The third-order valence-corrected chi connectivity index (χ3v) is 3.04. The van der Waals surface area contributed by atoms with Gasteiger partial charge in [-0.25, -0.2) is 0 Å². The summed E-state index contributed by atoms with van der Waals surface area (Å²) in [5.41, 5.74) is 0.755. The Labute approximate surface area is 90.1 Å². The molecule has 3 nitrogen and oxygen atoms in total. The van der Waals surface area contributed by atoms with Gasteiger partial charge in [-0.3, -0.25) is 9.78 Å². The van der Waals surface area contributed by atoms with Gasteiger partial charge in [-0.1, -0.05) is 6.92 Å². The number of nitrogens with zero attached hydrogens (tertiary/aromatic N) is 2. The quantitative estimate of drug-likeness (QED) is 0.739. The molecule has 80 valence electrons. The summed E-state index contributed by atoms with van der Waals surface area (Å²) in [6.07, 6.45) is 6.67. The summed E-state index contributed by atoms with van der Waals surface area (Å²) >= 11 is 0. The number of likely N-dealkylation sites (tertiary alicyclic amines) is 1. The van der Waals surface area contributed by atoms with Crippen molar-refractivity contribution in [3.63, 3.8) is 0 Å². The second-order valence-electron chi connectivity index (χ2n) is 3.94. The molecule has 1 saturated heterocycles. The van der Waals surface area contributed by atoms with E-state index in [0.29, 0.717) is 6.04 Å². The van der Waals surface area contributed by atoms with E-state index in [9.17, 15) is 4.79 Å². The zero-order valence-corrected chi connectivity index (χ0v) is 9.02. The summed E-state index contributed by atoms with van der Waals surface area (Å²) in [6.45, 7) is 3.04. The highest BCUT2D eigenvalue weighted by atomic mass is 16.2. The number of rotatable bonds is 2. The van der Waals surface area contributed by atoms with Crippen LogP contribution in [0.4, 0.5) is 0 Å². The average Bonchev–Trinajstić information content (AvgIpc) is 2.77. The van der Waals surface area contributed by atoms with Crippen molar-refractivity contribution < 1.29 is 4.79 Å². The van der Waals surface area contributed by atoms with Crippen LogP contribution in [0.3, 0.4) is 0 Å². The minimum atomic E-state index is 0.154. The number of carbonyl (C=O) groups is 1. The van der Waals surface area contributed by atoms with Gasteiger partial charge in [0.1, 0.15) is 0 Å². The fourth-order valence-electron chi connectivity index (χ4n) is 2.19. The first-order valence-electron chi connectivity index (χ1n) is 5.54. The lowest BCUT2D eigenvalue weighted by molar-refractivity contribution is 0.0733. The highest BCUT2D eigenvalue weighted by Crippen LogP contribution is 2.21. The van der Waals surface area contributed by atoms with E-state index in [4.69, 9.17) is 0 Å². The van der Waals surface area contributed by atoms with Crippen molar-refractivity contribution in [3.05, 3.63) is 30.1 Å². The first-order chi connectivity index (χ1) is 7.33. The molecule has 0 radical (unpaired) electrons. The highest BCUT2D eigenvalue weighted by Gasteiger charge is 2.27. The summed E-state index contributed by atoms with van der Waals surface area (Å²) in [4.78, 5) is 18.0. The van der Waals surface area contributed by atoms with Crippen molar-refractivity contribution in [2.24, 2.45) is 0 Å². The van der Waals surface area contributed by atoms with Crippen LogP contribution in [0.15, 0.2) is 24.5 Å². The second-order valence-corrected chi connectivity index (χ2v) is 3.94. The van der Waals surface area contributed by atoms with Crippen LogP contribution in [-0.2, 0) is 0 Å². The van der Waals surface area contributed by atoms with Gasteiger partial charge in [0.05, 0.1) is 0 Å². The van der Waals surface area contributed by atoms with Crippen LogP contribution in [0, 0.1) is 0 Å². The fourth-order valence-corrected chi connectivity index (χ4v) is 2.19.